The number of rotatable bonds is 7. The van der Waals surface area contributed by atoms with Gasteiger partial charge in [-0.3, -0.25) is 9.59 Å². The minimum Gasteiger partial charge on any atom is -0.325 e. The molecule has 0 radical (unpaired) electrons. The quantitative estimate of drug-likeness (QED) is 0.616. The van der Waals surface area contributed by atoms with Crippen LogP contribution in [0.1, 0.15) is 28.8 Å². The molecule has 3 rings (SSSR count). The number of nitrogens with one attached hydrogen (secondary N) is 3. The molecule has 0 spiro atoms. The van der Waals surface area contributed by atoms with Gasteiger partial charge >= 0.3 is 6.18 Å². The molecule has 3 N–H and O–H groups in total. The van der Waals surface area contributed by atoms with Crippen molar-refractivity contribution in [3.63, 3.8) is 0 Å². The average molecular weight is 428 g/mol. The van der Waals surface area contributed by atoms with Crippen LogP contribution in [-0.4, -0.2) is 24.9 Å². The van der Waals surface area contributed by atoms with E-state index in [-0.39, 0.29) is 36.1 Å². The summed E-state index contributed by atoms with van der Waals surface area (Å²) in [6, 6.07) is 10.6. The van der Waals surface area contributed by atoms with E-state index >= 15 is 0 Å². The van der Waals surface area contributed by atoms with Crippen molar-refractivity contribution >= 4 is 35.6 Å². The van der Waals surface area contributed by atoms with Crippen LogP contribution >= 0.6 is 12.4 Å². The van der Waals surface area contributed by atoms with E-state index in [0.717, 1.165) is 18.7 Å². The molecule has 29 heavy (non-hydrogen) atoms. The Hall–Kier alpha value is -2.58. The van der Waals surface area contributed by atoms with Crippen molar-refractivity contribution in [2.45, 2.75) is 19.0 Å². The molecule has 9 heteroatoms. The van der Waals surface area contributed by atoms with Crippen molar-refractivity contribution in [1.82, 2.24) is 5.32 Å². The maximum atomic E-state index is 12.8. The maximum Gasteiger partial charge on any atom is 0.416 e. The van der Waals surface area contributed by atoms with Crippen LogP contribution in [0.25, 0.3) is 0 Å². The molecule has 156 valence electrons. The number of halogens is 4. The van der Waals surface area contributed by atoms with Crippen LogP contribution in [0, 0.1) is 5.92 Å². The standard InChI is InChI=1S/C20H20F3N3O2.ClH/c21-20(22,23)15-4-2-6-17(10-15)26-19(28)14-3-1-5-16(9-14)25-18(27)12-24-11-13-7-8-13;/h1-6,9-10,13,24H,7-8,11-12H2,(H,25,27)(H,26,28);1H. The molecular formula is C20H21ClF3N3O2. The van der Waals surface area contributed by atoms with E-state index in [2.05, 4.69) is 16.0 Å². The highest BCUT2D eigenvalue weighted by Crippen LogP contribution is 2.30. The SMILES string of the molecule is Cl.O=C(CNCC1CC1)Nc1cccc(C(=O)Nc2cccc(C(F)(F)F)c2)c1. The molecule has 1 saturated carbocycles. The third-order valence-electron chi connectivity index (χ3n) is 4.27. The Morgan fingerprint density at radius 2 is 1.62 bits per heavy atom. The number of hydrogen-bond acceptors (Lipinski definition) is 3. The fourth-order valence-electron chi connectivity index (χ4n) is 2.63. The van der Waals surface area contributed by atoms with E-state index in [4.69, 9.17) is 0 Å². The molecule has 1 fully saturated rings. The summed E-state index contributed by atoms with van der Waals surface area (Å²) < 4.78 is 38.3. The number of amides is 2. The predicted molar refractivity (Wildman–Crippen MR) is 107 cm³/mol. The topological polar surface area (TPSA) is 70.2 Å². The second kappa shape index (κ2) is 9.76. The van der Waals surface area contributed by atoms with Crippen LogP contribution in [0.2, 0.25) is 0 Å². The van der Waals surface area contributed by atoms with Gasteiger partial charge in [0.05, 0.1) is 12.1 Å². The van der Waals surface area contributed by atoms with Crippen molar-refractivity contribution in [3.8, 4) is 0 Å². The van der Waals surface area contributed by atoms with Gasteiger partial charge in [0.2, 0.25) is 5.91 Å². The van der Waals surface area contributed by atoms with Crippen LogP contribution < -0.4 is 16.0 Å². The minimum absolute atomic E-state index is 0. The molecule has 0 saturated heterocycles. The summed E-state index contributed by atoms with van der Waals surface area (Å²) in [7, 11) is 0. The Labute approximate surface area is 172 Å². The normalized spacial score (nSPS) is 13.3. The van der Waals surface area contributed by atoms with Crippen molar-refractivity contribution in [1.29, 1.82) is 0 Å². The highest BCUT2D eigenvalue weighted by Gasteiger charge is 2.30. The zero-order chi connectivity index (χ0) is 20.1. The molecule has 1 aliphatic carbocycles. The Balaban J connectivity index is 0.00000300. The van der Waals surface area contributed by atoms with E-state index in [1.807, 2.05) is 0 Å². The number of carbonyl (C=O) groups excluding carboxylic acids is 2. The first-order valence-electron chi connectivity index (χ1n) is 8.90. The molecular weight excluding hydrogens is 407 g/mol. The third kappa shape index (κ3) is 7.07. The number of benzene rings is 2. The lowest BCUT2D eigenvalue weighted by molar-refractivity contribution is -0.137. The van der Waals surface area contributed by atoms with Gasteiger partial charge in [0, 0.05) is 16.9 Å². The molecule has 0 unspecified atom stereocenters. The summed E-state index contributed by atoms with van der Waals surface area (Å²) in [6.07, 6.45) is -2.10. The Morgan fingerprint density at radius 3 is 2.28 bits per heavy atom. The zero-order valence-electron chi connectivity index (χ0n) is 15.4. The number of alkyl halides is 3. The summed E-state index contributed by atoms with van der Waals surface area (Å²) in [4.78, 5) is 24.3. The van der Waals surface area contributed by atoms with Gasteiger partial charge in [0.1, 0.15) is 0 Å². The first-order valence-corrected chi connectivity index (χ1v) is 8.90. The van der Waals surface area contributed by atoms with E-state index < -0.39 is 17.6 Å². The maximum absolute atomic E-state index is 12.8. The smallest absolute Gasteiger partial charge is 0.325 e. The van der Waals surface area contributed by atoms with E-state index in [0.29, 0.717) is 11.6 Å². The molecule has 2 aromatic carbocycles. The lowest BCUT2D eigenvalue weighted by Crippen LogP contribution is -2.29. The van der Waals surface area contributed by atoms with Crippen molar-refractivity contribution in [3.05, 3.63) is 59.7 Å². The van der Waals surface area contributed by atoms with Gasteiger partial charge in [-0.25, -0.2) is 0 Å². The molecule has 0 heterocycles. The highest BCUT2D eigenvalue weighted by atomic mass is 35.5. The summed E-state index contributed by atoms with van der Waals surface area (Å²) in [5, 5.41) is 8.21. The van der Waals surface area contributed by atoms with Crippen LogP contribution in [0.4, 0.5) is 24.5 Å². The summed E-state index contributed by atoms with van der Waals surface area (Å²) in [5.41, 5.74) is -0.139. The fourth-order valence-corrected chi connectivity index (χ4v) is 2.63. The molecule has 0 bridgehead atoms. The molecule has 2 amide bonds. The molecule has 0 atom stereocenters. The van der Waals surface area contributed by atoms with Crippen molar-refractivity contribution in [2.75, 3.05) is 23.7 Å². The van der Waals surface area contributed by atoms with Crippen LogP contribution in [0.3, 0.4) is 0 Å². The van der Waals surface area contributed by atoms with Crippen LogP contribution in [0.5, 0.6) is 0 Å². The van der Waals surface area contributed by atoms with Gasteiger partial charge < -0.3 is 16.0 Å². The fraction of sp³-hybridized carbons (Fsp3) is 0.300. The number of anilines is 2. The monoisotopic (exact) mass is 427 g/mol. The van der Waals surface area contributed by atoms with E-state index in [1.165, 1.54) is 37.1 Å². The second-order valence-corrected chi connectivity index (χ2v) is 6.74. The Morgan fingerprint density at radius 1 is 0.966 bits per heavy atom. The van der Waals surface area contributed by atoms with Gasteiger partial charge in [-0.2, -0.15) is 13.2 Å². The third-order valence-corrected chi connectivity index (χ3v) is 4.27. The van der Waals surface area contributed by atoms with Gasteiger partial charge in [0.15, 0.2) is 0 Å². The van der Waals surface area contributed by atoms with Gasteiger partial charge in [-0.15, -0.1) is 12.4 Å². The van der Waals surface area contributed by atoms with Crippen molar-refractivity contribution < 1.29 is 22.8 Å². The highest BCUT2D eigenvalue weighted by molar-refractivity contribution is 6.05. The van der Waals surface area contributed by atoms with Crippen LogP contribution in [0.15, 0.2) is 48.5 Å². The van der Waals surface area contributed by atoms with Gasteiger partial charge in [0.25, 0.3) is 5.91 Å². The number of hydrogen-bond donors (Lipinski definition) is 3. The summed E-state index contributed by atoms with van der Waals surface area (Å²) in [5.74, 6) is -0.131. The Bertz CT molecular complexity index is 870. The Kier molecular flexibility index (Phi) is 7.64. The lowest BCUT2D eigenvalue weighted by Gasteiger charge is -2.11. The second-order valence-electron chi connectivity index (χ2n) is 6.74. The van der Waals surface area contributed by atoms with E-state index in [9.17, 15) is 22.8 Å². The molecule has 1 aliphatic rings. The number of carbonyl (C=O) groups is 2. The van der Waals surface area contributed by atoms with Gasteiger partial charge in [-0.05, 0) is 61.7 Å². The van der Waals surface area contributed by atoms with Crippen molar-refractivity contribution in [2.24, 2.45) is 5.92 Å². The predicted octanol–water partition coefficient (Wildman–Crippen LogP) is 4.32. The summed E-state index contributed by atoms with van der Waals surface area (Å²) in [6.45, 7) is 0.990. The minimum atomic E-state index is -4.49. The van der Waals surface area contributed by atoms with E-state index in [1.54, 1.807) is 12.1 Å². The molecule has 5 nitrogen and oxygen atoms in total. The van der Waals surface area contributed by atoms with Crippen LogP contribution in [-0.2, 0) is 11.0 Å². The molecule has 0 aromatic heterocycles. The first-order chi connectivity index (χ1) is 13.3. The summed E-state index contributed by atoms with van der Waals surface area (Å²) >= 11 is 0. The van der Waals surface area contributed by atoms with Gasteiger partial charge in [-0.1, -0.05) is 12.1 Å². The molecule has 0 aliphatic heterocycles. The molecule has 2 aromatic rings. The average Bonchev–Trinajstić information content (AvgIpc) is 3.46. The zero-order valence-corrected chi connectivity index (χ0v) is 16.2. The largest absolute Gasteiger partial charge is 0.416 e. The lowest BCUT2D eigenvalue weighted by atomic mass is 10.1. The first kappa shape index (κ1) is 22.7.